The van der Waals surface area contributed by atoms with Gasteiger partial charge >= 0.3 is 0 Å². The SMILES string of the molecule is COc1ccc(NC(C)=O)cc1NC(=O)Cn1nc(-c2ccc3c(c2)OCO3)ccc1=O. The van der Waals surface area contributed by atoms with Gasteiger partial charge in [-0.2, -0.15) is 5.10 Å². The highest BCUT2D eigenvalue weighted by atomic mass is 16.7. The van der Waals surface area contributed by atoms with Gasteiger partial charge in [-0.15, -0.1) is 0 Å². The number of rotatable bonds is 6. The predicted octanol–water partition coefficient (Wildman–Crippen LogP) is 2.24. The molecule has 1 aliphatic rings. The quantitative estimate of drug-likeness (QED) is 0.608. The predicted molar refractivity (Wildman–Crippen MR) is 116 cm³/mol. The van der Waals surface area contributed by atoms with E-state index < -0.39 is 11.5 Å². The lowest BCUT2D eigenvalue weighted by molar-refractivity contribution is -0.117. The minimum atomic E-state index is -0.485. The topological polar surface area (TPSA) is 121 Å². The van der Waals surface area contributed by atoms with Crippen LogP contribution in [0.4, 0.5) is 11.4 Å². The van der Waals surface area contributed by atoms with Crippen molar-refractivity contribution in [2.75, 3.05) is 24.5 Å². The van der Waals surface area contributed by atoms with E-state index in [0.717, 1.165) is 4.68 Å². The molecular weight excluding hydrogens is 416 g/mol. The minimum absolute atomic E-state index is 0.151. The van der Waals surface area contributed by atoms with Crippen LogP contribution < -0.4 is 30.4 Å². The van der Waals surface area contributed by atoms with Crippen molar-refractivity contribution >= 4 is 23.2 Å². The molecule has 0 radical (unpaired) electrons. The second kappa shape index (κ2) is 8.80. The third-order valence-corrected chi connectivity index (χ3v) is 4.62. The molecule has 2 N–H and O–H groups in total. The van der Waals surface area contributed by atoms with E-state index in [1.807, 2.05) is 0 Å². The van der Waals surface area contributed by atoms with E-state index in [9.17, 15) is 14.4 Å². The highest BCUT2D eigenvalue weighted by Gasteiger charge is 2.16. The van der Waals surface area contributed by atoms with Crippen molar-refractivity contribution in [2.45, 2.75) is 13.5 Å². The van der Waals surface area contributed by atoms with E-state index >= 15 is 0 Å². The molecule has 2 amide bonds. The molecule has 1 aliphatic heterocycles. The van der Waals surface area contributed by atoms with Crippen molar-refractivity contribution in [2.24, 2.45) is 0 Å². The minimum Gasteiger partial charge on any atom is -0.495 e. The zero-order chi connectivity index (χ0) is 22.7. The Balaban J connectivity index is 1.54. The van der Waals surface area contributed by atoms with Crippen LogP contribution in [-0.2, 0) is 16.1 Å². The lowest BCUT2D eigenvalue weighted by atomic mass is 10.1. The second-order valence-electron chi connectivity index (χ2n) is 6.93. The number of fused-ring (bicyclic) bond motifs is 1. The van der Waals surface area contributed by atoms with Crippen LogP contribution in [0.5, 0.6) is 17.2 Å². The second-order valence-corrected chi connectivity index (χ2v) is 6.93. The van der Waals surface area contributed by atoms with Gasteiger partial charge in [0.15, 0.2) is 11.5 Å². The maximum Gasteiger partial charge on any atom is 0.267 e. The Morgan fingerprint density at radius 3 is 2.66 bits per heavy atom. The van der Waals surface area contributed by atoms with E-state index in [1.54, 1.807) is 42.5 Å². The van der Waals surface area contributed by atoms with Crippen LogP contribution in [-0.4, -0.2) is 35.5 Å². The molecule has 4 rings (SSSR count). The van der Waals surface area contributed by atoms with Gasteiger partial charge < -0.3 is 24.8 Å². The summed E-state index contributed by atoms with van der Waals surface area (Å²) in [5, 5.41) is 9.64. The average molecular weight is 436 g/mol. The Labute approximate surface area is 182 Å². The maximum atomic E-state index is 12.6. The molecule has 0 spiro atoms. The summed E-state index contributed by atoms with van der Waals surface area (Å²) in [4.78, 5) is 36.2. The molecule has 164 valence electrons. The maximum absolute atomic E-state index is 12.6. The number of nitrogens with one attached hydrogen (secondary N) is 2. The molecule has 2 heterocycles. The smallest absolute Gasteiger partial charge is 0.267 e. The van der Waals surface area contributed by atoms with Crippen molar-refractivity contribution in [1.82, 2.24) is 9.78 Å². The molecule has 10 nitrogen and oxygen atoms in total. The molecular formula is C22H20N4O6. The fourth-order valence-corrected chi connectivity index (χ4v) is 3.18. The van der Waals surface area contributed by atoms with Gasteiger partial charge in [-0.3, -0.25) is 14.4 Å². The molecule has 10 heteroatoms. The van der Waals surface area contributed by atoms with Crippen molar-refractivity contribution in [3.05, 3.63) is 58.9 Å². The Kier molecular flexibility index (Phi) is 5.75. The number of hydrogen-bond donors (Lipinski definition) is 2. The number of methoxy groups -OCH3 is 1. The molecule has 3 aromatic rings. The van der Waals surface area contributed by atoms with E-state index in [4.69, 9.17) is 14.2 Å². The van der Waals surface area contributed by atoms with Crippen molar-refractivity contribution < 1.29 is 23.8 Å². The Bertz CT molecular complexity index is 1250. The fraction of sp³-hybridized carbons (Fsp3) is 0.182. The number of aromatic nitrogens is 2. The normalized spacial score (nSPS) is 11.7. The summed E-state index contributed by atoms with van der Waals surface area (Å²) in [6, 6.07) is 13.1. The van der Waals surface area contributed by atoms with Gasteiger partial charge in [0.25, 0.3) is 5.56 Å². The Hall–Kier alpha value is -4.34. The molecule has 0 saturated carbocycles. The monoisotopic (exact) mass is 436 g/mol. The van der Waals surface area contributed by atoms with Gasteiger partial charge in [-0.25, -0.2) is 4.68 Å². The van der Waals surface area contributed by atoms with Crippen LogP contribution in [0.2, 0.25) is 0 Å². The van der Waals surface area contributed by atoms with Crippen LogP contribution in [0.25, 0.3) is 11.3 Å². The number of hydrogen-bond acceptors (Lipinski definition) is 7. The molecule has 0 bridgehead atoms. The van der Waals surface area contributed by atoms with Gasteiger partial charge in [0.05, 0.1) is 18.5 Å². The van der Waals surface area contributed by atoms with Crippen LogP contribution >= 0.6 is 0 Å². The van der Waals surface area contributed by atoms with Gasteiger partial charge in [-0.05, 0) is 42.5 Å². The first-order valence-electron chi connectivity index (χ1n) is 9.66. The van der Waals surface area contributed by atoms with E-state index in [-0.39, 0.29) is 19.2 Å². The molecule has 1 aromatic heterocycles. The summed E-state index contributed by atoms with van der Waals surface area (Å²) in [6.45, 7) is 1.22. The molecule has 0 aliphatic carbocycles. The number of ether oxygens (including phenoxy) is 3. The largest absolute Gasteiger partial charge is 0.495 e. The van der Waals surface area contributed by atoms with E-state index in [2.05, 4.69) is 15.7 Å². The van der Waals surface area contributed by atoms with E-state index in [1.165, 1.54) is 20.1 Å². The van der Waals surface area contributed by atoms with Crippen LogP contribution in [0.3, 0.4) is 0 Å². The van der Waals surface area contributed by atoms with Gasteiger partial charge in [-0.1, -0.05) is 0 Å². The number of amides is 2. The summed E-state index contributed by atoms with van der Waals surface area (Å²) in [5.41, 5.74) is 1.63. The van der Waals surface area contributed by atoms with Crippen LogP contribution in [0.1, 0.15) is 6.92 Å². The highest BCUT2D eigenvalue weighted by molar-refractivity contribution is 5.94. The molecule has 2 aromatic carbocycles. The number of nitrogens with zero attached hydrogens (tertiary/aromatic N) is 2. The molecule has 0 atom stereocenters. The lowest BCUT2D eigenvalue weighted by Crippen LogP contribution is -2.29. The summed E-state index contributed by atoms with van der Waals surface area (Å²) in [5.74, 6) is 0.897. The Morgan fingerprint density at radius 1 is 1.06 bits per heavy atom. The molecule has 0 fully saturated rings. The lowest BCUT2D eigenvalue weighted by Gasteiger charge is -2.13. The summed E-state index contributed by atoms with van der Waals surface area (Å²) in [6.07, 6.45) is 0. The van der Waals surface area contributed by atoms with E-state index in [0.29, 0.717) is 39.9 Å². The number of anilines is 2. The summed E-state index contributed by atoms with van der Waals surface area (Å²) >= 11 is 0. The zero-order valence-electron chi connectivity index (χ0n) is 17.4. The fourth-order valence-electron chi connectivity index (χ4n) is 3.18. The van der Waals surface area contributed by atoms with Gasteiger partial charge in [0.2, 0.25) is 18.6 Å². The van der Waals surface area contributed by atoms with Crippen molar-refractivity contribution in [1.29, 1.82) is 0 Å². The molecule has 32 heavy (non-hydrogen) atoms. The first-order valence-corrected chi connectivity index (χ1v) is 9.66. The van der Waals surface area contributed by atoms with Crippen molar-refractivity contribution in [3.63, 3.8) is 0 Å². The number of carbonyl (C=O) groups excluding carboxylic acids is 2. The first-order chi connectivity index (χ1) is 15.4. The highest BCUT2D eigenvalue weighted by Crippen LogP contribution is 2.35. The van der Waals surface area contributed by atoms with Gasteiger partial charge in [0.1, 0.15) is 12.3 Å². The van der Waals surface area contributed by atoms with Crippen molar-refractivity contribution in [3.8, 4) is 28.5 Å². The van der Waals surface area contributed by atoms with Crippen LogP contribution in [0, 0.1) is 0 Å². The number of carbonyl (C=O) groups is 2. The average Bonchev–Trinajstić information content (AvgIpc) is 3.23. The number of benzene rings is 2. The molecule has 0 unspecified atom stereocenters. The van der Waals surface area contributed by atoms with Crippen LogP contribution in [0.15, 0.2) is 53.3 Å². The summed E-state index contributed by atoms with van der Waals surface area (Å²) in [7, 11) is 1.46. The standard InChI is InChI=1S/C22H20N4O6/c1-13(27)23-15-4-7-18(30-2)17(10-15)24-21(28)11-26-22(29)8-5-16(25-26)14-3-6-19-20(9-14)32-12-31-19/h3-10H,11-12H2,1-2H3,(H,23,27)(H,24,28). The third kappa shape index (κ3) is 4.53. The third-order valence-electron chi connectivity index (χ3n) is 4.62. The molecule has 0 saturated heterocycles. The first kappa shape index (κ1) is 20.9. The zero-order valence-corrected chi connectivity index (χ0v) is 17.4. The van der Waals surface area contributed by atoms with Gasteiger partial charge in [0, 0.05) is 24.2 Å². The summed E-state index contributed by atoms with van der Waals surface area (Å²) < 4.78 is 17.0. The Morgan fingerprint density at radius 2 is 1.88 bits per heavy atom.